The van der Waals surface area contributed by atoms with Crippen LogP contribution >= 0.6 is 0 Å². The second kappa shape index (κ2) is 8.86. The van der Waals surface area contributed by atoms with E-state index in [0.29, 0.717) is 28.2 Å². The Hall–Kier alpha value is -3.90. The molecular formula is C20H18N6O3. The molecule has 0 atom stereocenters. The van der Waals surface area contributed by atoms with Gasteiger partial charge in [0.1, 0.15) is 12.2 Å². The number of nitrogens with zero attached hydrogens (tertiary/aromatic N) is 5. The first-order valence-corrected chi connectivity index (χ1v) is 8.81. The highest BCUT2D eigenvalue weighted by Crippen LogP contribution is 2.15. The summed E-state index contributed by atoms with van der Waals surface area (Å²) >= 11 is 0. The molecule has 0 aliphatic rings. The molecule has 0 saturated carbocycles. The third kappa shape index (κ3) is 4.51. The number of aliphatic hydroxyl groups is 1. The van der Waals surface area contributed by atoms with E-state index in [9.17, 15) is 14.7 Å². The molecule has 9 nitrogen and oxygen atoms in total. The molecule has 0 aliphatic carbocycles. The Morgan fingerprint density at radius 2 is 2.17 bits per heavy atom. The molecule has 3 aromatic rings. The van der Waals surface area contributed by atoms with E-state index in [1.54, 1.807) is 25.1 Å². The van der Waals surface area contributed by atoms with E-state index < -0.39 is 11.5 Å². The lowest BCUT2D eigenvalue weighted by atomic mass is 10.1. The van der Waals surface area contributed by atoms with E-state index in [1.807, 2.05) is 6.07 Å². The number of carbonyl (C=O) groups excluding carboxylic acids is 1. The maximum Gasteiger partial charge on any atom is 0.257 e. The molecule has 0 fully saturated rings. The molecule has 0 aliphatic heterocycles. The SMILES string of the molecule is Cc1nc(-c2cnccn2)n(CC(=O)Nc2cccc(C#N)c2)c(=O)c1CCO. The minimum absolute atomic E-state index is 0.129. The average Bonchev–Trinajstić information content (AvgIpc) is 2.73. The fourth-order valence-corrected chi connectivity index (χ4v) is 2.87. The highest BCUT2D eigenvalue weighted by Gasteiger charge is 2.18. The topological polar surface area (TPSA) is 134 Å². The zero-order valence-corrected chi connectivity index (χ0v) is 15.7. The highest BCUT2D eigenvalue weighted by atomic mass is 16.3. The van der Waals surface area contributed by atoms with Crippen LogP contribution in [0.15, 0.2) is 47.7 Å². The van der Waals surface area contributed by atoms with Crippen LogP contribution in [-0.2, 0) is 17.8 Å². The van der Waals surface area contributed by atoms with Crippen molar-refractivity contribution in [2.24, 2.45) is 0 Å². The minimum atomic E-state index is -0.465. The second-order valence-electron chi connectivity index (χ2n) is 6.20. The zero-order chi connectivity index (χ0) is 20.8. The number of anilines is 1. The van der Waals surface area contributed by atoms with Crippen LogP contribution in [0, 0.1) is 18.3 Å². The number of rotatable bonds is 6. The Morgan fingerprint density at radius 1 is 1.34 bits per heavy atom. The number of nitrogens with one attached hydrogen (secondary N) is 1. The first kappa shape index (κ1) is 19.9. The van der Waals surface area contributed by atoms with Crippen LogP contribution in [0.25, 0.3) is 11.5 Å². The summed E-state index contributed by atoms with van der Waals surface area (Å²) < 4.78 is 1.21. The minimum Gasteiger partial charge on any atom is -0.396 e. The molecule has 146 valence electrons. The van der Waals surface area contributed by atoms with Crippen molar-refractivity contribution in [1.29, 1.82) is 5.26 Å². The monoisotopic (exact) mass is 390 g/mol. The largest absolute Gasteiger partial charge is 0.396 e. The van der Waals surface area contributed by atoms with Crippen molar-refractivity contribution in [1.82, 2.24) is 19.5 Å². The van der Waals surface area contributed by atoms with E-state index in [-0.39, 0.29) is 25.4 Å². The molecule has 0 bridgehead atoms. The Bertz CT molecular complexity index is 1140. The predicted molar refractivity (Wildman–Crippen MR) is 105 cm³/mol. The van der Waals surface area contributed by atoms with Gasteiger partial charge in [-0.2, -0.15) is 5.26 Å². The smallest absolute Gasteiger partial charge is 0.257 e. The Kier molecular flexibility index (Phi) is 6.06. The van der Waals surface area contributed by atoms with Gasteiger partial charge in [0, 0.05) is 42.4 Å². The molecule has 2 aromatic heterocycles. The fraction of sp³-hybridized carbons (Fsp3) is 0.200. The lowest BCUT2D eigenvalue weighted by Gasteiger charge is -2.15. The van der Waals surface area contributed by atoms with E-state index in [0.717, 1.165) is 0 Å². The van der Waals surface area contributed by atoms with Crippen LogP contribution in [0.4, 0.5) is 5.69 Å². The number of amides is 1. The third-order valence-corrected chi connectivity index (χ3v) is 4.20. The Morgan fingerprint density at radius 3 is 2.86 bits per heavy atom. The summed E-state index contributed by atoms with van der Waals surface area (Å²) in [6.07, 6.45) is 4.55. The fourth-order valence-electron chi connectivity index (χ4n) is 2.87. The molecule has 0 unspecified atom stereocenters. The van der Waals surface area contributed by atoms with Crippen LogP contribution < -0.4 is 10.9 Å². The number of aromatic nitrogens is 4. The van der Waals surface area contributed by atoms with Gasteiger partial charge in [-0.25, -0.2) is 9.97 Å². The van der Waals surface area contributed by atoms with Gasteiger partial charge in [0.25, 0.3) is 5.56 Å². The first-order chi connectivity index (χ1) is 14.0. The van der Waals surface area contributed by atoms with Crippen molar-refractivity contribution in [2.45, 2.75) is 19.9 Å². The van der Waals surface area contributed by atoms with Crippen LogP contribution in [0.3, 0.4) is 0 Å². The van der Waals surface area contributed by atoms with Gasteiger partial charge in [-0.05, 0) is 25.1 Å². The summed E-state index contributed by atoms with van der Waals surface area (Å²) in [5.74, 6) is -0.254. The normalized spacial score (nSPS) is 10.4. The molecule has 0 saturated heterocycles. The standard InChI is InChI=1S/C20H18N6O3/c1-13-16(5-8-27)20(29)26(19(24-13)17-11-22-6-7-23-17)12-18(28)25-15-4-2-3-14(9-15)10-21/h2-4,6-7,9,11,27H,5,8,12H2,1H3,(H,25,28). The van der Waals surface area contributed by atoms with E-state index in [4.69, 9.17) is 5.26 Å². The molecule has 2 heterocycles. The van der Waals surface area contributed by atoms with E-state index in [2.05, 4.69) is 20.3 Å². The molecule has 29 heavy (non-hydrogen) atoms. The maximum absolute atomic E-state index is 13.0. The molecule has 3 rings (SSSR count). The molecule has 9 heteroatoms. The maximum atomic E-state index is 13.0. The molecule has 1 amide bonds. The number of benzene rings is 1. The van der Waals surface area contributed by atoms with Crippen LogP contribution in [0.5, 0.6) is 0 Å². The zero-order valence-electron chi connectivity index (χ0n) is 15.7. The molecule has 0 spiro atoms. The van der Waals surface area contributed by atoms with Gasteiger partial charge >= 0.3 is 0 Å². The molecule has 0 radical (unpaired) electrons. The molecule has 2 N–H and O–H groups in total. The van der Waals surface area contributed by atoms with Crippen molar-refractivity contribution < 1.29 is 9.90 Å². The van der Waals surface area contributed by atoms with Gasteiger partial charge in [-0.1, -0.05) is 6.07 Å². The summed E-state index contributed by atoms with van der Waals surface area (Å²) in [5, 5.41) is 20.9. The van der Waals surface area contributed by atoms with Crippen LogP contribution in [-0.4, -0.2) is 37.1 Å². The van der Waals surface area contributed by atoms with Crippen LogP contribution in [0.1, 0.15) is 16.8 Å². The van der Waals surface area contributed by atoms with E-state index in [1.165, 1.54) is 29.2 Å². The number of hydrogen-bond acceptors (Lipinski definition) is 7. The number of aryl methyl sites for hydroxylation is 1. The molecular weight excluding hydrogens is 372 g/mol. The van der Waals surface area contributed by atoms with Gasteiger partial charge in [0.15, 0.2) is 5.82 Å². The average molecular weight is 390 g/mol. The molecule has 1 aromatic carbocycles. The van der Waals surface area contributed by atoms with Crippen molar-refractivity contribution >= 4 is 11.6 Å². The number of hydrogen-bond donors (Lipinski definition) is 2. The van der Waals surface area contributed by atoms with E-state index >= 15 is 0 Å². The predicted octanol–water partition coefficient (Wildman–Crippen LogP) is 1.05. The summed E-state index contributed by atoms with van der Waals surface area (Å²) in [5.41, 5.74) is 1.57. The van der Waals surface area contributed by atoms with Gasteiger partial charge in [-0.15, -0.1) is 0 Å². The van der Waals surface area contributed by atoms with Gasteiger partial charge in [0.2, 0.25) is 5.91 Å². The number of carbonyl (C=O) groups is 1. The van der Waals surface area contributed by atoms with Crippen molar-refractivity contribution in [2.75, 3.05) is 11.9 Å². The lowest BCUT2D eigenvalue weighted by Crippen LogP contribution is -2.33. The van der Waals surface area contributed by atoms with Gasteiger partial charge in [0.05, 0.1) is 17.8 Å². The number of nitriles is 1. The van der Waals surface area contributed by atoms with Crippen molar-refractivity contribution in [3.05, 3.63) is 70.0 Å². The summed E-state index contributed by atoms with van der Waals surface area (Å²) in [7, 11) is 0. The van der Waals surface area contributed by atoms with Gasteiger partial charge < -0.3 is 10.4 Å². The Labute approximate surface area is 166 Å². The third-order valence-electron chi connectivity index (χ3n) is 4.20. The summed E-state index contributed by atoms with van der Waals surface area (Å²) in [6.45, 7) is 1.15. The van der Waals surface area contributed by atoms with Crippen molar-refractivity contribution in [3.63, 3.8) is 0 Å². The number of aliphatic hydroxyl groups excluding tert-OH is 1. The summed E-state index contributed by atoms with van der Waals surface area (Å²) in [4.78, 5) is 38.2. The van der Waals surface area contributed by atoms with Crippen LogP contribution in [0.2, 0.25) is 0 Å². The van der Waals surface area contributed by atoms with Crippen molar-refractivity contribution in [3.8, 4) is 17.6 Å². The quantitative estimate of drug-likeness (QED) is 0.642. The second-order valence-corrected chi connectivity index (χ2v) is 6.20. The van der Waals surface area contributed by atoms with Gasteiger partial charge in [-0.3, -0.25) is 19.1 Å². The first-order valence-electron chi connectivity index (χ1n) is 8.81. The highest BCUT2D eigenvalue weighted by molar-refractivity contribution is 5.91. The summed E-state index contributed by atoms with van der Waals surface area (Å²) in [6, 6.07) is 8.46. The Balaban J connectivity index is 2.00. The lowest BCUT2D eigenvalue weighted by molar-refractivity contribution is -0.116.